The fourth-order valence-electron chi connectivity index (χ4n) is 0.859. The molecule has 0 bridgehead atoms. The molecule has 0 rings (SSSR count). The molecule has 0 unspecified atom stereocenters. The molecule has 0 atom stereocenters. The number of carbonyl (C=O) groups is 1. The lowest BCUT2D eigenvalue weighted by Gasteiger charge is -2.09. The fourth-order valence-corrected chi connectivity index (χ4v) is 0.859. The molecule has 3 nitrogen and oxygen atoms in total. The van der Waals surface area contributed by atoms with Gasteiger partial charge in [0.2, 0.25) is 0 Å². The van der Waals surface area contributed by atoms with Crippen LogP contribution in [-0.2, 0) is 9.53 Å². The number of aliphatic hydroxyl groups is 1. The Labute approximate surface area is 82.1 Å². The first kappa shape index (κ1) is 13.3. The van der Waals surface area contributed by atoms with Crippen LogP contribution in [0.2, 0.25) is 0 Å². The van der Waals surface area contributed by atoms with Crippen molar-refractivity contribution in [3.05, 3.63) is 0 Å². The van der Waals surface area contributed by atoms with Crippen molar-refractivity contribution in [1.82, 2.24) is 0 Å². The minimum atomic E-state index is -3.40. The van der Waals surface area contributed by atoms with Gasteiger partial charge in [-0.15, -0.1) is 0 Å². The van der Waals surface area contributed by atoms with Gasteiger partial charge in [0.05, 0.1) is 6.61 Å². The lowest BCUT2D eigenvalue weighted by molar-refractivity contribution is -0.169. The summed E-state index contributed by atoms with van der Waals surface area (Å²) in [5.74, 6) is -4.87. The number of esters is 1. The molecule has 0 aromatic rings. The Kier molecular flexibility index (Phi) is 6.36. The predicted molar refractivity (Wildman–Crippen MR) is 47.1 cm³/mol. The molecule has 0 saturated heterocycles. The molecule has 0 aliphatic carbocycles. The zero-order valence-corrected chi connectivity index (χ0v) is 8.26. The highest BCUT2D eigenvalue weighted by molar-refractivity contribution is 5.76. The van der Waals surface area contributed by atoms with Crippen LogP contribution in [0.15, 0.2) is 0 Å². The van der Waals surface area contributed by atoms with Gasteiger partial charge in [0.25, 0.3) is 0 Å². The molecule has 0 aromatic heterocycles. The third-order valence-corrected chi connectivity index (χ3v) is 1.64. The van der Waals surface area contributed by atoms with Crippen LogP contribution in [0.5, 0.6) is 0 Å². The van der Waals surface area contributed by atoms with E-state index in [-0.39, 0.29) is 13.2 Å². The lowest BCUT2D eigenvalue weighted by Crippen LogP contribution is -2.27. The van der Waals surface area contributed by atoms with Crippen LogP contribution < -0.4 is 0 Å². The lowest BCUT2D eigenvalue weighted by atomic mass is 10.2. The van der Waals surface area contributed by atoms with Gasteiger partial charge in [-0.1, -0.05) is 6.42 Å². The third kappa shape index (κ3) is 6.77. The van der Waals surface area contributed by atoms with Crippen LogP contribution in [-0.4, -0.2) is 30.2 Å². The summed E-state index contributed by atoms with van der Waals surface area (Å²) >= 11 is 0. The van der Waals surface area contributed by atoms with Crippen LogP contribution in [0, 0.1) is 0 Å². The molecule has 1 N–H and O–H groups in total. The van der Waals surface area contributed by atoms with Gasteiger partial charge in [-0.2, -0.15) is 8.78 Å². The second kappa shape index (κ2) is 6.70. The Morgan fingerprint density at radius 1 is 1.29 bits per heavy atom. The van der Waals surface area contributed by atoms with Gasteiger partial charge in [0.1, 0.15) is 0 Å². The second-order valence-corrected chi connectivity index (χ2v) is 3.16. The summed E-state index contributed by atoms with van der Waals surface area (Å²) in [6.45, 7) is 0.668. The Hall–Kier alpha value is -0.710. The number of unbranched alkanes of at least 4 members (excludes halogenated alkanes) is 3. The molecular weight excluding hydrogens is 194 g/mol. The molecule has 0 saturated carbocycles. The van der Waals surface area contributed by atoms with E-state index in [0.717, 1.165) is 12.8 Å². The van der Waals surface area contributed by atoms with E-state index >= 15 is 0 Å². The summed E-state index contributed by atoms with van der Waals surface area (Å²) < 4.78 is 28.8. The van der Waals surface area contributed by atoms with Crippen molar-refractivity contribution in [2.75, 3.05) is 13.2 Å². The fraction of sp³-hybridized carbons (Fsp3) is 0.889. The number of carbonyl (C=O) groups excluding carboxylic acids is 1. The number of rotatable bonds is 7. The Morgan fingerprint density at radius 2 is 1.86 bits per heavy atom. The van der Waals surface area contributed by atoms with Crippen molar-refractivity contribution in [1.29, 1.82) is 0 Å². The zero-order chi connectivity index (χ0) is 11.0. The van der Waals surface area contributed by atoms with Crippen molar-refractivity contribution < 1.29 is 23.4 Å². The molecule has 5 heteroatoms. The average Bonchev–Trinajstić information content (AvgIpc) is 2.09. The Balaban J connectivity index is 3.33. The number of aliphatic hydroxyl groups excluding tert-OH is 1. The smallest absolute Gasteiger partial charge is 0.376 e. The molecule has 0 fully saturated rings. The first-order chi connectivity index (χ1) is 6.48. The van der Waals surface area contributed by atoms with Crippen molar-refractivity contribution >= 4 is 5.97 Å². The molecule has 0 aliphatic rings. The Bertz CT molecular complexity index is 166. The molecule has 0 heterocycles. The van der Waals surface area contributed by atoms with Gasteiger partial charge < -0.3 is 9.84 Å². The zero-order valence-electron chi connectivity index (χ0n) is 8.26. The van der Waals surface area contributed by atoms with E-state index < -0.39 is 11.9 Å². The molecule has 0 amide bonds. The van der Waals surface area contributed by atoms with Gasteiger partial charge in [0, 0.05) is 13.5 Å². The maximum Gasteiger partial charge on any atom is 0.376 e. The first-order valence-electron chi connectivity index (χ1n) is 4.64. The van der Waals surface area contributed by atoms with Crippen LogP contribution in [0.3, 0.4) is 0 Å². The SMILES string of the molecule is CC(F)(F)C(=O)OCCCCCCO. The molecule has 0 spiro atoms. The minimum Gasteiger partial charge on any atom is -0.461 e. The van der Waals surface area contributed by atoms with Gasteiger partial charge >= 0.3 is 11.9 Å². The second-order valence-electron chi connectivity index (χ2n) is 3.16. The largest absolute Gasteiger partial charge is 0.461 e. The quantitative estimate of drug-likeness (QED) is 0.514. The average molecular weight is 210 g/mol. The van der Waals surface area contributed by atoms with Crippen molar-refractivity contribution in [2.24, 2.45) is 0 Å². The molecule has 0 aromatic carbocycles. The van der Waals surface area contributed by atoms with Crippen LogP contribution >= 0.6 is 0 Å². The van der Waals surface area contributed by atoms with Crippen LogP contribution in [0.25, 0.3) is 0 Å². The number of alkyl halides is 2. The van der Waals surface area contributed by atoms with Crippen molar-refractivity contribution in [3.8, 4) is 0 Å². The molecular formula is C9H16F2O3. The number of hydrogen-bond donors (Lipinski definition) is 1. The van der Waals surface area contributed by atoms with Crippen molar-refractivity contribution in [2.45, 2.75) is 38.5 Å². The summed E-state index contributed by atoms with van der Waals surface area (Å²) in [4.78, 5) is 10.5. The Morgan fingerprint density at radius 3 is 2.36 bits per heavy atom. The predicted octanol–water partition coefficient (Wildman–Crippen LogP) is 1.74. The maximum atomic E-state index is 12.2. The number of ether oxygens (including phenoxy) is 1. The number of hydrogen-bond acceptors (Lipinski definition) is 3. The van der Waals surface area contributed by atoms with E-state index in [1.54, 1.807) is 0 Å². The highest BCUT2D eigenvalue weighted by atomic mass is 19.3. The first-order valence-corrected chi connectivity index (χ1v) is 4.64. The van der Waals surface area contributed by atoms with E-state index in [1.807, 2.05) is 0 Å². The van der Waals surface area contributed by atoms with Crippen LogP contribution in [0.4, 0.5) is 8.78 Å². The summed E-state index contributed by atoms with van der Waals surface area (Å²) in [6, 6.07) is 0. The van der Waals surface area contributed by atoms with E-state index in [2.05, 4.69) is 4.74 Å². The number of halogens is 2. The topological polar surface area (TPSA) is 46.5 Å². The highest BCUT2D eigenvalue weighted by Crippen LogP contribution is 2.13. The normalized spacial score (nSPS) is 11.4. The van der Waals surface area contributed by atoms with Gasteiger partial charge in [-0.3, -0.25) is 0 Å². The summed E-state index contributed by atoms with van der Waals surface area (Å²) in [6.07, 6.45) is 2.83. The van der Waals surface area contributed by atoms with E-state index in [9.17, 15) is 13.6 Å². The standard InChI is InChI=1S/C9H16F2O3/c1-9(10,11)8(13)14-7-5-3-2-4-6-12/h12H,2-7H2,1H3. The molecule has 14 heavy (non-hydrogen) atoms. The molecule has 84 valence electrons. The molecule has 0 aliphatic heterocycles. The maximum absolute atomic E-state index is 12.2. The monoisotopic (exact) mass is 210 g/mol. The van der Waals surface area contributed by atoms with Gasteiger partial charge in [-0.25, -0.2) is 4.79 Å². The highest BCUT2D eigenvalue weighted by Gasteiger charge is 2.33. The minimum absolute atomic E-state index is 0.0215. The van der Waals surface area contributed by atoms with E-state index in [0.29, 0.717) is 19.8 Å². The van der Waals surface area contributed by atoms with E-state index in [1.165, 1.54) is 0 Å². The van der Waals surface area contributed by atoms with Crippen molar-refractivity contribution in [3.63, 3.8) is 0 Å². The molecule has 0 radical (unpaired) electrons. The summed E-state index contributed by atoms with van der Waals surface area (Å²) in [5, 5.41) is 8.43. The summed E-state index contributed by atoms with van der Waals surface area (Å²) in [5.41, 5.74) is 0. The summed E-state index contributed by atoms with van der Waals surface area (Å²) in [7, 11) is 0. The van der Waals surface area contributed by atoms with E-state index in [4.69, 9.17) is 5.11 Å². The third-order valence-electron chi connectivity index (χ3n) is 1.64. The van der Waals surface area contributed by atoms with Gasteiger partial charge in [-0.05, 0) is 19.3 Å². The van der Waals surface area contributed by atoms with Crippen LogP contribution in [0.1, 0.15) is 32.6 Å². The van der Waals surface area contributed by atoms with Gasteiger partial charge in [0.15, 0.2) is 0 Å².